The van der Waals surface area contributed by atoms with Gasteiger partial charge in [-0.2, -0.15) is 13.2 Å². The molecule has 4 N–H and O–H groups in total. The summed E-state index contributed by atoms with van der Waals surface area (Å²) < 4.78 is 38.6. The third-order valence-corrected chi connectivity index (χ3v) is 5.35. The van der Waals surface area contributed by atoms with E-state index >= 15 is 0 Å². The molecule has 0 radical (unpaired) electrons. The minimum absolute atomic E-state index is 0.0288. The summed E-state index contributed by atoms with van der Waals surface area (Å²) in [6.45, 7) is 0. The van der Waals surface area contributed by atoms with E-state index in [1.165, 1.54) is 19.3 Å². The van der Waals surface area contributed by atoms with Gasteiger partial charge in [0, 0.05) is 6.04 Å². The van der Waals surface area contributed by atoms with Crippen molar-refractivity contribution in [2.24, 2.45) is 29.5 Å². The summed E-state index contributed by atoms with van der Waals surface area (Å²) in [6, 6.07) is 2.28. The summed E-state index contributed by atoms with van der Waals surface area (Å²) in [6.07, 6.45) is -0.548. The van der Waals surface area contributed by atoms with Gasteiger partial charge in [0.15, 0.2) is 0 Å². The van der Waals surface area contributed by atoms with Gasteiger partial charge in [-0.15, -0.1) is 0 Å². The summed E-state index contributed by atoms with van der Waals surface area (Å²) in [5.41, 5.74) is 1.47. The quantitative estimate of drug-likeness (QED) is 0.593. The number of hydrogen-bond donors (Lipinski definition) is 3. The normalized spacial score (nSPS) is 36.5. The van der Waals surface area contributed by atoms with Crippen LogP contribution in [0.15, 0.2) is 12.1 Å². The van der Waals surface area contributed by atoms with E-state index in [0.717, 1.165) is 24.0 Å². The predicted molar refractivity (Wildman–Crippen MR) is 72.3 cm³/mol. The first kappa shape index (κ1) is 13.2. The van der Waals surface area contributed by atoms with Crippen molar-refractivity contribution in [2.75, 3.05) is 10.7 Å². The Kier molecular flexibility index (Phi) is 2.67. The molecule has 3 saturated carbocycles. The van der Waals surface area contributed by atoms with Gasteiger partial charge in [0.05, 0.1) is 5.56 Å². The Labute approximate surface area is 120 Å². The largest absolute Gasteiger partial charge is 0.416 e. The molecule has 3 aliphatic carbocycles. The van der Waals surface area contributed by atoms with Crippen LogP contribution in [0.3, 0.4) is 0 Å². The Morgan fingerprint density at radius 3 is 2.29 bits per heavy atom. The van der Waals surface area contributed by atoms with Crippen molar-refractivity contribution in [2.45, 2.75) is 31.5 Å². The molecule has 1 aromatic heterocycles. The second-order valence-electron chi connectivity index (χ2n) is 6.43. The minimum atomic E-state index is -4.40. The predicted octanol–water partition coefficient (Wildman–Crippen LogP) is 2.84. The monoisotopic (exact) mass is 298 g/mol. The lowest BCUT2D eigenvalue weighted by Crippen LogP contribution is -2.17. The van der Waals surface area contributed by atoms with E-state index in [1.54, 1.807) is 0 Å². The fourth-order valence-electron chi connectivity index (χ4n) is 4.53. The molecule has 114 valence electrons. The van der Waals surface area contributed by atoms with Crippen LogP contribution in [0.2, 0.25) is 0 Å². The van der Waals surface area contributed by atoms with Crippen LogP contribution >= 0.6 is 0 Å². The second kappa shape index (κ2) is 4.25. The molecule has 4 nitrogen and oxygen atoms in total. The average Bonchev–Trinajstić information content (AvgIpc) is 2.84. The Hall–Kier alpha value is -1.50. The van der Waals surface area contributed by atoms with Gasteiger partial charge in [-0.1, -0.05) is 0 Å². The number of pyridine rings is 1. The van der Waals surface area contributed by atoms with Gasteiger partial charge in [-0.25, -0.2) is 10.8 Å². The highest BCUT2D eigenvalue weighted by molar-refractivity contribution is 5.51. The highest BCUT2D eigenvalue weighted by atomic mass is 19.4. The molecule has 21 heavy (non-hydrogen) atoms. The number of nitrogens with one attached hydrogen (secondary N) is 2. The molecular formula is C14H17F3N4. The van der Waals surface area contributed by atoms with Crippen LogP contribution in [0.4, 0.5) is 24.8 Å². The van der Waals surface area contributed by atoms with Gasteiger partial charge in [0.1, 0.15) is 11.6 Å². The van der Waals surface area contributed by atoms with E-state index in [1.807, 2.05) is 0 Å². The van der Waals surface area contributed by atoms with Crippen molar-refractivity contribution >= 4 is 11.6 Å². The van der Waals surface area contributed by atoms with E-state index in [0.29, 0.717) is 11.8 Å². The number of hydrogen-bond acceptors (Lipinski definition) is 4. The molecule has 0 amide bonds. The lowest BCUT2D eigenvalue weighted by atomic mass is 10.0. The fourth-order valence-corrected chi connectivity index (χ4v) is 4.53. The van der Waals surface area contributed by atoms with Crippen LogP contribution in [0.5, 0.6) is 0 Å². The lowest BCUT2D eigenvalue weighted by molar-refractivity contribution is -0.137. The maximum Gasteiger partial charge on any atom is 0.416 e. The average molecular weight is 298 g/mol. The molecule has 0 spiro atoms. The molecule has 0 aliphatic heterocycles. The van der Waals surface area contributed by atoms with Crippen LogP contribution in [-0.4, -0.2) is 11.0 Å². The first-order valence-electron chi connectivity index (χ1n) is 7.30. The number of nitrogens with two attached hydrogens (primary N) is 1. The molecule has 4 atom stereocenters. The Morgan fingerprint density at radius 1 is 1.10 bits per heavy atom. The topological polar surface area (TPSA) is 63.0 Å². The van der Waals surface area contributed by atoms with Gasteiger partial charge in [0.2, 0.25) is 0 Å². The maximum absolute atomic E-state index is 12.9. The van der Waals surface area contributed by atoms with Gasteiger partial charge in [-0.05, 0) is 55.1 Å². The first-order chi connectivity index (χ1) is 9.97. The molecule has 1 heterocycles. The van der Waals surface area contributed by atoms with Crippen molar-refractivity contribution in [3.05, 3.63) is 17.7 Å². The molecule has 7 heteroatoms. The number of nitrogens with zero attached hydrogens (tertiary/aromatic N) is 1. The van der Waals surface area contributed by atoms with E-state index < -0.39 is 11.7 Å². The third kappa shape index (κ3) is 2.06. The summed E-state index contributed by atoms with van der Waals surface area (Å²) in [5.74, 6) is 8.29. The van der Waals surface area contributed by atoms with Gasteiger partial charge < -0.3 is 10.7 Å². The highest BCUT2D eigenvalue weighted by Crippen LogP contribution is 2.66. The Bertz CT molecular complexity index is 558. The summed E-state index contributed by atoms with van der Waals surface area (Å²) in [4.78, 5) is 4.10. The van der Waals surface area contributed by atoms with Crippen LogP contribution in [-0.2, 0) is 6.18 Å². The third-order valence-electron chi connectivity index (χ3n) is 5.35. The number of nitrogen functional groups attached to an aromatic ring is 1. The smallest absolute Gasteiger partial charge is 0.367 e. The molecule has 0 aromatic carbocycles. The standard InChI is InChI=1S/C14H17F3N4/c15-14(16,17)8-4-9(19-10(5-8)21-18)20-13-11-6-1-2-7(3-6)12(11)13/h4-7,11-13H,1-3,18H2,(H2,19,20,21). The zero-order chi connectivity index (χ0) is 14.8. The van der Waals surface area contributed by atoms with Crippen LogP contribution in [0.25, 0.3) is 0 Å². The van der Waals surface area contributed by atoms with Crippen molar-refractivity contribution in [1.82, 2.24) is 4.98 Å². The van der Waals surface area contributed by atoms with E-state index in [9.17, 15) is 13.2 Å². The van der Waals surface area contributed by atoms with E-state index in [2.05, 4.69) is 15.7 Å². The fraction of sp³-hybridized carbons (Fsp3) is 0.643. The highest BCUT2D eigenvalue weighted by Gasteiger charge is 2.65. The molecule has 4 rings (SSSR count). The molecule has 3 fully saturated rings. The van der Waals surface area contributed by atoms with E-state index in [-0.39, 0.29) is 17.7 Å². The molecule has 1 aromatic rings. The SMILES string of the molecule is NNc1cc(C(F)(F)F)cc(NC2C3C4CCC(C4)C23)n1. The molecular weight excluding hydrogens is 281 g/mol. The summed E-state index contributed by atoms with van der Waals surface area (Å²) in [5, 5.41) is 3.20. The van der Waals surface area contributed by atoms with Crippen LogP contribution in [0.1, 0.15) is 24.8 Å². The lowest BCUT2D eigenvalue weighted by Gasteiger charge is -2.14. The zero-order valence-corrected chi connectivity index (χ0v) is 11.3. The number of fused-ring (bicyclic) bond motifs is 5. The second-order valence-corrected chi connectivity index (χ2v) is 6.43. The van der Waals surface area contributed by atoms with Crippen molar-refractivity contribution < 1.29 is 13.2 Å². The van der Waals surface area contributed by atoms with Gasteiger partial charge >= 0.3 is 6.18 Å². The number of halogens is 3. The minimum Gasteiger partial charge on any atom is -0.367 e. The number of hydrazine groups is 1. The number of alkyl halides is 3. The number of rotatable bonds is 3. The summed E-state index contributed by atoms with van der Waals surface area (Å²) in [7, 11) is 0. The van der Waals surface area contributed by atoms with Crippen LogP contribution in [0, 0.1) is 23.7 Å². The van der Waals surface area contributed by atoms with Gasteiger partial charge in [-0.3, -0.25) is 0 Å². The molecule has 2 bridgehead atoms. The van der Waals surface area contributed by atoms with Crippen molar-refractivity contribution in [3.8, 4) is 0 Å². The van der Waals surface area contributed by atoms with Crippen molar-refractivity contribution in [3.63, 3.8) is 0 Å². The number of aromatic nitrogens is 1. The molecule has 4 unspecified atom stereocenters. The molecule has 3 aliphatic rings. The van der Waals surface area contributed by atoms with Crippen molar-refractivity contribution in [1.29, 1.82) is 0 Å². The first-order valence-corrected chi connectivity index (χ1v) is 7.30. The molecule has 0 saturated heterocycles. The zero-order valence-electron chi connectivity index (χ0n) is 11.3. The van der Waals surface area contributed by atoms with Crippen LogP contribution < -0.4 is 16.6 Å². The number of anilines is 2. The van der Waals surface area contributed by atoms with E-state index in [4.69, 9.17) is 5.84 Å². The Morgan fingerprint density at radius 2 is 1.71 bits per heavy atom. The van der Waals surface area contributed by atoms with Gasteiger partial charge in [0.25, 0.3) is 0 Å². The Balaban J connectivity index is 1.56. The summed E-state index contributed by atoms with van der Waals surface area (Å²) >= 11 is 0. The maximum atomic E-state index is 12.9.